The number of fused-ring (bicyclic) bond motifs is 1. The van der Waals surface area contributed by atoms with Gasteiger partial charge in [-0.3, -0.25) is 14.4 Å². The molecule has 3 aliphatic heterocycles. The van der Waals surface area contributed by atoms with Crippen molar-refractivity contribution < 1.29 is 19.1 Å². The normalized spacial score (nSPS) is 33.1. The number of anilines is 1. The molecule has 1 aromatic rings. The number of hydrogen-bond acceptors (Lipinski definition) is 4. The summed E-state index contributed by atoms with van der Waals surface area (Å²) in [5, 5.41) is 6.69. The highest BCUT2D eigenvalue weighted by molar-refractivity contribution is 6.30. The molecule has 2 bridgehead atoms. The van der Waals surface area contributed by atoms with Crippen LogP contribution in [0.1, 0.15) is 52.4 Å². The second kappa shape index (κ2) is 9.00. The molecule has 2 N–H and O–H groups in total. The third-order valence-corrected chi connectivity index (χ3v) is 8.24. The molecule has 6 atom stereocenters. The maximum Gasteiger partial charge on any atom is 0.246 e. The molecule has 5 rings (SSSR count). The van der Waals surface area contributed by atoms with E-state index in [0.29, 0.717) is 17.1 Å². The Bertz CT molecular complexity index is 1010. The molecule has 0 aromatic heterocycles. The summed E-state index contributed by atoms with van der Waals surface area (Å²) in [6.45, 7) is 3.95. The van der Waals surface area contributed by atoms with Crippen molar-refractivity contribution >= 4 is 35.0 Å². The molecule has 1 aromatic carbocycles. The van der Waals surface area contributed by atoms with Crippen LogP contribution in [0.25, 0.3) is 0 Å². The molecule has 4 aliphatic rings. The third-order valence-electron chi connectivity index (χ3n) is 7.99. The Hall–Kier alpha value is -2.38. The fourth-order valence-corrected chi connectivity index (χ4v) is 6.29. The molecule has 7 nitrogen and oxygen atoms in total. The number of halogens is 1. The SMILES string of the molecule is CC[C@H](C)N1C(=O)[C@H]2[C@@H](C(=O)Nc3ccc(Cl)cc3)[C@H]3C=C[C@@]2(O3)[C@H]1C(=O)NC1CCCCC1. The molecule has 3 fully saturated rings. The Kier molecular flexibility index (Phi) is 6.19. The zero-order valence-electron chi connectivity index (χ0n) is 19.6. The summed E-state index contributed by atoms with van der Waals surface area (Å²) >= 11 is 5.96. The van der Waals surface area contributed by atoms with E-state index in [9.17, 15) is 14.4 Å². The highest BCUT2D eigenvalue weighted by Gasteiger charge is 2.73. The number of carbonyl (C=O) groups is 3. The minimum Gasteiger partial charge on any atom is -0.359 e. The van der Waals surface area contributed by atoms with E-state index < -0.39 is 29.6 Å². The number of hydrogen-bond donors (Lipinski definition) is 2. The minimum absolute atomic E-state index is 0.122. The van der Waals surface area contributed by atoms with E-state index in [4.69, 9.17) is 16.3 Å². The Morgan fingerprint density at radius 2 is 1.88 bits per heavy atom. The summed E-state index contributed by atoms with van der Waals surface area (Å²) in [5.74, 6) is -2.07. The van der Waals surface area contributed by atoms with Gasteiger partial charge in [0.2, 0.25) is 17.7 Å². The summed E-state index contributed by atoms with van der Waals surface area (Å²) < 4.78 is 6.38. The van der Waals surface area contributed by atoms with E-state index in [2.05, 4.69) is 10.6 Å². The minimum atomic E-state index is -1.12. The second-order valence-electron chi connectivity index (χ2n) is 10.0. The van der Waals surface area contributed by atoms with Crippen molar-refractivity contribution in [2.45, 2.75) is 82.2 Å². The second-order valence-corrected chi connectivity index (χ2v) is 10.5. The number of carbonyl (C=O) groups excluding carboxylic acids is 3. The molecule has 0 unspecified atom stereocenters. The highest BCUT2D eigenvalue weighted by Crippen LogP contribution is 2.55. The Balaban J connectivity index is 1.44. The van der Waals surface area contributed by atoms with Crippen LogP contribution in [-0.2, 0) is 19.1 Å². The van der Waals surface area contributed by atoms with Crippen molar-refractivity contribution in [3.8, 4) is 0 Å². The Labute approximate surface area is 205 Å². The van der Waals surface area contributed by atoms with E-state index in [1.807, 2.05) is 26.0 Å². The quantitative estimate of drug-likeness (QED) is 0.602. The maximum absolute atomic E-state index is 13.8. The smallest absolute Gasteiger partial charge is 0.246 e. The van der Waals surface area contributed by atoms with Crippen molar-refractivity contribution in [3.63, 3.8) is 0 Å². The van der Waals surface area contributed by atoms with Gasteiger partial charge in [-0.1, -0.05) is 49.9 Å². The van der Waals surface area contributed by atoms with Gasteiger partial charge in [0, 0.05) is 22.8 Å². The lowest BCUT2D eigenvalue weighted by Gasteiger charge is -2.36. The largest absolute Gasteiger partial charge is 0.359 e. The van der Waals surface area contributed by atoms with E-state index in [1.165, 1.54) is 6.42 Å². The predicted octanol–water partition coefficient (Wildman–Crippen LogP) is 3.68. The molecule has 1 saturated carbocycles. The van der Waals surface area contributed by atoms with Gasteiger partial charge >= 0.3 is 0 Å². The average Bonchev–Trinajstić information content (AvgIpc) is 3.48. The molecule has 3 heterocycles. The molecular weight excluding hydrogens is 454 g/mol. The van der Waals surface area contributed by atoms with Crippen LogP contribution in [0.2, 0.25) is 5.02 Å². The van der Waals surface area contributed by atoms with Crippen LogP contribution < -0.4 is 10.6 Å². The zero-order valence-corrected chi connectivity index (χ0v) is 20.4. The van der Waals surface area contributed by atoms with Gasteiger partial charge in [-0.2, -0.15) is 0 Å². The van der Waals surface area contributed by atoms with Crippen LogP contribution in [0.4, 0.5) is 5.69 Å². The topological polar surface area (TPSA) is 87.7 Å². The van der Waals surface area contributed by atoms with Gasteiger partial charge in [0.05, 0.1) is 17.9 Å². The average molecular weight is 486 g/mol. The summed E-state index contributed by atoms with van der Waals surface area (Å²) in [5.41, 5.74) is -0.516. The number of nitrogens with one attached hydrogen (secondary N) is 2. The van der Waals surface area contributed by atoms with Crippen molar-refractivity contribution in [2.24, 2.45) is 11.8 Å². The molecule has 34 heavy (non-hydrogen) atoms. The summed E-state index contributed by atoms with van der Waals surface area (Å²) in [6, 6.07) is 6.05. The standard InChI is InChI=1S/C26H32ClN3O4/c1-3-15(2)30-22(24(32)29-17-7-5-4-6-8-17)26-14-13-19(34-26)20(21(26)25(30)33)23(31)28-18-11-9-16(27)10-12-18/h9-15,17,19-22H,3-8H2,1-2H3,(H,28,31)(H,29,32)/t15-,19+,20-,21+,22+,26-/m0/s1. The molecule has 8 heteroatoms. The summed E-state index contributed by atoms with van der Waals surface area (Å²) in [4.78, 5) is 42.6. The van der Waals surface area contributed by atoms with E-state index in [-0.39, 0.29) is 29.8 Å². The first-order chi connectivity index (χ1) is 16.4. The number of ether oxygens (including phenoxy) is 1. The van der Waals surface area contributed by atoms with Crippen molar-refractivity contribution in [1.82, 2.24) is 10.2 Å². The van der Waals surface area contributed by atoms with Crippen LogP contribution in [-0.4, -0.2) is 52.5 Å². The predicted molar refractivity (Wildman–Crippen MR) is 129 cm³/mol. The summed E-state index contributed by atoms with van der Waals surface area (Å²) in [6.07, 6.45) is 9.18. The Morgan fingerprint density at radius 1 is 1.18 bits per heavy atom. The molecule has 1 aliphatic carbocycles. The Morgan fingerprint density at radius 3 is 2.56 bits per heavy atom. The third kappa shape index (κ3) is 3.73. The van der Waals surface area contributed by atoms with Gasteiger partial charge in [0.15, 0.2) is 0 Å². The van der Waals surface area contributed by atoms with E-state index in [0.717, 1.165) is 25.7 Å². The number of likely N-dealkylation sites (tertiary alicyclic amines) is 1. The highest BCUT2D eigenvalue weighted by atomic mass is 35.5. The molecule has 0 radical (unpaired) electrons. The monoisotopic (exact) mass is 485 g/mol. The molecule has 1 spiro atoms. The lowest BCUT2D eigenvalue weighted by molar-refractivity contribution is -0.143. The molecular formula is C26H32ClN3O4. The van der Waals surface area contributed by atoms with Gasteiger partial charge in [-0.15, -0.1) is 0 Å². The van der Waals surface area contributed by atoms with E-state index >= 15 is 0 Å². The lowest BCUT2D eigenvalue weighted by Crippen LogP contribution is -2.58. The zero-order chi connectivity index (χ0) is 24.0. The summed E-state index contributed by atoms with van der Waals surface area (Å²) in [7, 11) is 0. The number of amides is 3. The number of benzene rings is 1. The fraction of sp³-hybridized carbons (Fsp3) is 0.577. The first-order valence-corrected chi connectivity index (χ1v) is 12.8. The van der Waals surface area contributed by atoms with Crippen LogP contribution >= 0.6 is 11.6 Å². The van der Waals surface area contributed by atoms with Crippen molar-refractivity contribution in [2.75, 3.05) is 5.32 Å². The number of nitrogens with zero attached hydrogens (tertiary/aromatic N) is 1. The van der Waals surface area contributed by atoms with Crippen molar-refractivity contribution in [3.05, 3.63) is 41.4 Å². The first kappa shape index (κ1) is 23.4. The van der Waals surface area contributed by atoms with Gasteiger partial charge in [-0.25, -0.2) is 0 Å². The van der Waals surface area contributed by atoms with Gasteiger partial charge in [-0.05, 0) is 50.5 Å². The molecule has 3 amide bonds. The van der Waals surface area contributed by atoms with Crippen molar-refractivity contribution in [1.29, 1.82) is 0 Å². The molecule has 2 saturated heterocycles. The van der Waals surface area contributed by atoms with Gasteiger partial charge < -0.3 is 20.3 Å². The van der Waals surface area contributed by atoms with Crippen LogP contribution in [0, 0.1) is 11.8 Å². The fourth-order valence-electron chi connectivity index (χ4n) is 6.16. The van der Waals surface area contributed by atoms with Crippen LogP contribution in [0.5, 0.6) is 0 Å². The van der Waals surface area contributed by atoms with Crippen LogP contribution in [0.3, 0.4) is 0 Å². The molecule has 182 valence electrons. The first-order valence-electron chi connectivity index (χ1n) is 12.4. The lowest BCUT2D eigenvalue weighted by atomic mass is 9.74. The number of rotatable bonds is 6. The van der Waals surface area contributed by atoms with E-state index in [1.54, 1.807) is 29.2 Å². The van der Waals surface area contributed by atoms with Gasteiger partial charge in [0.1, 0.15) is 11.6 Å². The van der Waals surface area contributed by atoms with Gasteiger partial charge in [0.25, 0.3) is 0 Å². The maximum atomic E-state index is 13.8. The van der Waals surface area contributed by atoms with Crippen LogP contribution in [0.15, 0.2) is 36.4 Å².